The minimum absolute atomic E-state index is 0.226. The van der Waals surface area contributed by atoms with Crippen molar-refractivity contribution in [3.8, 4) is 0 Å². The summed E-state index contributed by atoms with van der Waals surface area (Å²) in [6.07, 6.45) is 1.87. The minimum Gasteiger partial charge on any atom is -0.480 e. The van der Waals surface area contributed by atoms with Gasteiger partial charge < -0.3 is 5.11 Å². The number of aliphatic carboxylic acids is 1. The number of carboxylic acid groups (broad SMARTS) is 1. The number of hydrogen-bond acceptors (Lipinski definition) is 4. The minimum atomic E-state index is -3.69. The molecule has 5 nitrogen and oxygen atoms in total. The highest BCUT2D eigenvalue weighted by Gasteiger charge is 2.21. The van der Waals surface area contributed by atoms with Crippen molar-refractivity contribution in [3.05, 3.63) is 0 Å². The summed E-state index contributed by atoms with van der Waals surface area (Å²) < 4.78 is 24.2. The lowest BCUT2D eigenvalue weighted by Crippen LogP contribution is -2.38. The van der Waals surface area contributed by atoms with E-state index in [1.165, 1.54) is 11.8 Å². The Bertz CT molecular complexity index is 297. The second-order valence-corrected chi connectivity index (χ2v) is 6.76. The van der Waals surface area contributed by atoms with E-state index >= 15 is 0 Å². The van der Waals surface area contributed by atoms with Gasteiger partial charge in [0.25, 0.3) is 0 Å². The van der Waals surface area contributed by atoms with Crippen molar-refractivity contribution in [2.75, 3.05) is 18.6 Å². The van der Waals surface area contributed by atoms with Gasteiger partial charge in [0.1, 0.15) is 0 Å². The monoisotopic (exact) mass is 241 g/mol. The van der Waals surface area contributed by atoms with E-state index in [2.05, 4.69) is 4.72 Å². The molecule has 0 aromatic heterocycles. The van der Waals surface area contributed by atoms with Crippen molar-refractivity contribution in [2.45, 2.75) is 18.6 Å². The van der Waals surface area contributed by atoms with Crippen molar-refractivity contribution in [1.82, 2.24) is 4.72 Å². The molecule has 0 aliphatic heterocycles. The molecule has 0 heterocycles. The molecular formula is C7H15NO4S2. The van der Waals surface area contributed by atoms with E-state index in [0.717, 1.165) is 0 Å². The molecule has 0 bridgehead atoms. The average Bonchev–Trinajstić information content (AvgIpc) is 1.99. The third-order valence-corrected chi connectivity index (χ3v) is 4.04. The van der Waals surface area contributed by atoms with Crippen LogP contribution in [-0.4, -0.2) is 42.8 Å². The lowest BCUT2D eigenvalue weighted by atomic mass is 10.2. The zero-order valence-electron chi connectivity index (χ0n) is 8.40. The van der Waals surface area contributed by atoms with Crippen molar-refractivity contribution in [1.29, 1.82) is 0 Å². The van der Waals surface area contributed by atoms with Crippen LogP contribution in [0.4, 0.5) is 0 Å². The normalized spacial score (nSPS) is 12.8. The molecule has 0 aliphatic carbocycles. The van der Waals surface area contributed by atoms with Gasteiger partial charge >= 0.3 is 5.97 Å². The largest absolute Gasteiger partial charge is 0.480 e. The molecule has 0 saturated heterocycles. The Morgan fingerprint density at radius 2 is 2.00 bits per heavy atom. The van der Waals surface area contributed by atoms with E-state index in [4.69, 9.17) is 5.11 Å². The predicted molar refractivity (Wildman–Crippen MR) is 57.0 cm³/mol. The summed E-state index contributed by atoms with van der Waals surface area (Å²) in [5.74, 6) is -2.23. The van der Waals surface area contributed by atoms with Crippen LogP contribution in [0.25, 0.3) is 0 Å². The summed E-state index contributed by atoms with van der Waals surface area (Å²) >= 11 is 1.51. The molecule has 0 aliphatic rings. The summed E-state index contributed by atoms with van der Waals surface area (Å²) in [6.45, 7) is 3.98. The van der Waals surface area contributed by atoms with Gasteiger partial charge in [-0.3, -0.25) is 4.79 Å². The van der Waals surface area contributed by atoms with Gasteiger partial charge in [0.2, 0.25) is 10.0 Å². The fourth-order valence-corrected chi connectivity index (χ4v) is 1.89. The van der Waals surface area contributed by atoms with E-state index in [1.54, 1.807) is 0 Å². The number of thioether (sulfide) groups is 1. The van der Waals surface area contributed by atoms with E-state index < -0.39 is 21.7 Å². The maximum Gasteiger partial charge on any atom is 0.320 e. The smallest absolute Gasteiger partial charge is 0.320 e. The number of rotatable bonds is 6. The summed E-state index contributed by atoms with van der Waals surface area (Å²) in [5, 5.41) is 8.31. The number of sulfonamides is 1. The number of carbonyl (C=O) groups is 1. The van der Waals surface area contributed by atoms with Crippen molar-refractivity contribution < 1.29 is 18.3 Å². The van der Waals surface area contributed by atoms with Crippen LogP contribution < -0.4 is 4.72 Å². The molecule has 7 heteroatoms. The summed E-state index contributed by atoms with van der Waals surface area (Å²) in [6, 6.07) is 0. The first-order valence-electron chi connectivity index (χ1n) is 3.93. The zero-order chi connectivity index (χ0) is 11.4. The predicted octanol–water partition coefficient (Wildman–Crippen LogP) is 0.132. The Balaban J connectivity index is 4.20. The standard InChI is InChI=1S/C7H15NO4S2/c1-7(2,13-3)5-8-14(11,12)4-6(9)10/h8H,4-5H2,1-3H3,(H,9,10). The van der Waals surface area contributed by atoms with Crippen molar-refractivity contribution in [3.63, 3.8) is 0 Å². The van der Waals surface area contributed by atoms with Gasteiger partial charge in [0, 0.05) is 11.3 Å². The summed E-state index contributed by atoms with van der Waals surface area (Å²) in [5.41, 5.74) is 0. The number of carboxylic acids is 1. The van der Waals surface area contributed by atoms with Gasteiger partial charge in [0.15, 0.2) is 5.75 Å². The van der Waals surface area contributed by atoms with Crippen LogP contribution in [0.1, 0.15) is 13.8 Å². The van der Waals surface area contributed by atoms with E-state index in [1.807, 2.05) is 20.1 Å². The third-order valence-electron chi connectivity index (χ3n) is 1.58. The molecule has 84 valence electrons. The number of nitrogens with one attached hydrogen (secondary N) is 1. The number of hydrogen-bond donors (Lipinski definition) is 2. The Hall–Kier alpha value is -0.270. The molecule has 14 heavy (non-hydrogen) atoms. The van der Waals surface area contributed by atoms with Crippen molar-refractivity contribution >= 4 is 27.8 Å². The van der Waals surface area contributed by atoms with E-state index in [9.17, 15) is 13.2 Å². The van der Waals surface area contributed by atoms with Gasteiger partial charge in [-0.05, 0) is 20.1 Å². The molecule has 0 aromatic carbocycles. The molecule has 0 fully saturated rings. The lowest BCUT2D eigenvalue weighted by Gasteiger charge is -2.21. The van der Waals surface area contributed by atoms with Gasteiger partial charge in [-0.25, -0.2) is 13.1 Å². The Kier molecular flexibility index (Phi) is 4.90. The quantitative estimate of drug-likeness (QED) is 0.690. The second-order valence-electron chi connectivity index (χ2n) is 3.44. The first-order chi connectivity index (χ1) is 6.18. The summed E-state index contributed by atoms with van der Waals surface area (Å²) in [4.78, 5) is 10.2. The van der Waals surface area contributed by atoms with Gasteiger partial charge in [-0.1, -0.05) is 0 Å². The summed E-state index contributed by atoms with van der Waals surface area (Å²) in [7, 11) is -3.69. The molecule has 0 radical (unpaired) electrons. The van der Waals surface area contributed by atoms with Crippen LogP contribution in [0.5, 0.6) is 0 Å². The first-order valence-corrected chi connectivity index (χ1v) is 6.80. The Labute approximate surface area is 88.3 Å². The van der Waals surface area contributed by atoms with Crippen LogP contribution in [0.2, 0.25) is 0 Å². The molecule has 0 saturated carbocycles. The molecule has 0 spiro atoms. The fourth-order valence-electron chi connectivity index (χ4n) is 0.570. The Morgan fingerprint density at radius 3 is 2.36 bits per heavy atom. The Morgan fingerprint density at radius 1 is 1.50 bits per heavy atom. The first kappa shape index (κ1) is 13.7. The van der Waals surface area contributed by atoms with Crippen LogP contribution in [-0.2, 0) is 14.8 Å². The lowest BCUT2D eigenvalue weighted by molar-refractivity contribution is -0.134. The highest BCUT2D eigenvalue weighted by Crippen LogP contribution is 2.19. The van der Waals surface area contributed by atoms with E-state index in [-0.39, 0.29) is 11.3 Å². The molecule has 0 amide bonds. The molecular weight excluding hydrogens is 226 g/mol. The molecule has 0 unspecified atom stereocenters. The van der Waals surface area contributed by atoms with Crippen LogP contribution >= 0.6 is 11.8 Å². The van der Waals surface area contributed by atoms with Gasteiger partial charge in [0.05, 0.1) is 0 Å². The SMILES string of the molecule is CSC(C)(C)CNS(=O)(=O)CC(=O)O. The molecule has 0 rings (SSSR count). The molecule has 2 N–H and O–H groups in total. The maximum absolute atomic E-state index is 11.1. The van der Waals surface area contributed by atoms with Crippen LogP contribution in [0.15, 0.2) is 0 Å². The maximum atomic E-state index is 11.1. The van der Waals surface area contributed by atoms with Crippen LogP contribution in [0, 0.1) is 0 Å². The third kappa shape index (κ3) is 6.22. The molecule has 0 atom stereocenters. The zero-order valence-corrected chi connectivity index (χ0v) is 10.0. The average molecular weight is 241 g/mol. The fraction of sp³-hybridized carbons (Fsp3) is 0.857. The highest BCUT2D eigenvalue weighted by atomic mass is 32.2. The van der Waals surface area contributed by atoms with Crippen LogP contribution in [0.3, 0.4) is 0 Å². The molecule has 0 aromatic rings. The topological polar surface area (TPSA) is 83.5 Å². The van der Waals surface area contributed by atoms with Gasteiger partial charge in [-0.15, -0.1) is 0 Å². The second kappa shape index (κ2) is 4.99. The van der Waals surface area contributed by atoms with E-state index in [0.29, 0.717) is 0 Å². The van der Waals surface area contributed by atoms with Gasteiger partial charge in [-0.2, -0.15) is 11.8 Å². The highest BCUT2D eigenvalue weighted by molar-refractivity contribution is 8.00. The van der Waals surface area contributed by atoms with Crippen molar-refractivity contribution in [2.24, 2.45) is 0 Å².